The Morgan fingerprint density at radius 3 is 2.75 bits per heavy atom. The number of nitrogens with zero attached hydrogens (tertiary/aromatic N) is 2. The van der Waals surface area contributed by atoms with E-state index >= 15 is 0 Å². The van der Waals surface area contributed by atoms with Crippen LogP contribution in [-0.2, 0) is 6.54 Å². The van der Waals surface area contributed by atoms with Crippen molar-refractivity contribution in [3.05, 3.63) is 35.9 Å². The molecule has 1 N–H and O–H groups in total. The van der Waals surface area contributed by atoms with Crippen molar-refractivity contribution in [1.82, 2.24) is 15.1 Å². The molecule has 2 aliphatic heterocycles. The van der Waals surface area contributed by atoms with Gasteiger partial charge in [0.15, 0.2) is 0 Å². The molecule has 2 atom stereocenters. The monoisotopic (exact) mass is 273 g/mol. The van der Waals surface area contributed by atoms with Crippen molar-refractivity contribution in [2.24, 2.45) is 5.92 Å². The number of nitrogens with one attached hydrogen (secondary N) is 1. The zero-order chi connectivity index (χ0) is 13.8. The Kier molecular flexibility index (Phi) is 4.71. The SMILES string of the molecule is CNCC1CCN(C2CCN(Cc3ccccc3)C2)C1. The molecule has 0 saturated carbocycles. The molecule has 3 heteroatoms. The molecular formula is C17H27N3. The van der Waals surface area contributed by atoms with Crippen molar-refractivity contribution in [1.29, 1.82) is 0 Å². The Morgan fingerprint density at radius 1 is 1.10 bits per heavy atom. The first kappa shape index (κ1) is 14.1. The van der Waals surface area contributed by atoms with Gasteiger partial charge >= 0.3 is 0 Å². The molecule has 0 bridgehead atoms. The van der Waals surface area contributed by atoms with Gasteiger partial charge in [-0.25, -0.2) is 0 Å². The summed E-state index contributed by atoms with van der Waals surface area (Å²) in [6.07, 6.45) is 2.72. The number of rotatable bonds is 5. The zero-order valence-electron chi connectivity index (χ0n) is 12.6. The van der Waals surface area contributed by atoms with Gasteiger partial charge in [-0.15, -0.1) is 0 Å². The molecule has 0 amide bonds. The maximum absolute atomic E-state index is 3.33. The Balaban J connectivity index is 1.48. The van der Waals surface area contributed by atoms with Crippen molar-refractivity contribution in [2.45, 2.75) is 25.4 Å². The average Bonchev–Trinajstić information content (AvgIpc) is 3.10. The molecule has 2 unspecified atom stereocenters. The van der Waals surface area contributed by atoms with E-state index in [2.05, 4.69) is 52.5 Å². The highest BCUT2D eigenvalue weighted by atomic mass is 15.3. The van der Waals surface area contributed by atoms with Gasteiger partial charge in [-0.1, -0.05) is 30.3 Å². The third kappa shape index (κ3) is 3.40. The first-order chi connectivity index (χ1) is 9.85. The molecule has 2 fully saturated rings. The Morgan fingerprint density at radius 2 is 1.95 bits per heavy atom. The van der Waals surface area contributed by atoms with Crippen LogP contribution in [0.3, 0.4) is 0 Å². The van der Waals surface area contributed by atoms with E-state index in [1.54, 1.807) is 0 Å². The molecule has 2 heterocycles. The molecule has 1 aromatic rings. The molecule has 0 aliphatic carbocycles. The van der Waals surface area contributed by atoms with Gasteiger partial charge in [0.25, 0.3) is 0 Å². The maximum Gasteiger partial charge on any atom is 0.0235 e. The van der Waals surface area contributed by atoms with Crippen molar-refractivity contribution in [3.63, 3.8) is 0 Å². The summed E-state index contributed by atoms with van der Waals surface area (Å²) < 4.78 is 0. The van der Waals surface area contributed by atoms with Crippen LogP contribution in [0.15, 0.2) is 30.3 Å². The molecule has 0 radical (unpaired) electrons. The van der Waals surface area contributed by atoms with Crippen LogP contribution in [0.2, 0.25) is 0 Å². The molecule has 3 nitrogen and oxygen atoms in total. The van der Waals surface area contributed by atoms with Crippen LogP contribution in [0.1, 0.15) is 18.4 Å². The third-order valence-corrected chi connectivity index (χ3v) is 4.82. The van der Waals surface area contributed by atoms with Gasteiger partial charge in [0.2, 0.25) is 0 Å². The van der Waals surface area contributed by atoms with E-state index in [-0.39, 0.29) is 0 Å². The van der Waals surface area contributed by atoms with E-state index in [1.807, 2.05) is 0 Å². The fraction of sp³-hybridized carbons (Fsp3) is 0.647. The second-order valence-electron chi connectivity index (χ2n) is 6.37. The summed E-state index contributed by atoms with van der Waals surface area (Å²) in [7, 11) is 2.07. The normalized spacial score (nSPS) is 28.2. The van der Waals surface area contributed by atoms with E-state index in [0.717, 1.165) is 18.5 Å². The molecule has 110 valence electrons. The van der Waals surface area contributed by atoms with Crippen LogP contribution in [0.5, 0.6) is 0 Å². The van der Waals surface area contributed by atoms with Gasteiger partial charge < -0.3 is 5.32 Å². The predicted octanol–water partition coefficient (Wildman–Crippen LogP) is 1.80. The van der Waals surface area contributed by atoms with Crippen LogP contribution in [0.25, 0.3) is 0 Å². The first-order valence-electron chi connectivity index (χ1n) is 8.00. The highest BCUT2D eigenvalue weighted by molar-refractivity contribution is 5.14. The smallest absolute Gasteiger partial charge is 0.0235 e. The topological polar surface area (TPSA) is 18.5 Å². The van der Waals surface area contributed by atoms with E-state index in [9.17, 15) is 0 Å². The first-order valence-corrected chi connectivity index (χ1v) is 8.00. The van der Waals surface area contributed by atoms with Gasteiger partial charge in [-0.2, -0.15) is 0 Å². The summed E-state index contributed by atoms with van der Waals surface area (Å²) in [6.45, 7) is 7.40. The Hall–Kier alpha value is -0.900. The zero-order valence-corrected chi connectivity index (χ0v) is 12.6. The van der Waals surface area contributed by atoms with E-state index in [1.165, 1.54) is 51.1 Å². The number of benzene rings is 1. The number of hydrogen-bond donors (Lipinski definition) is 1. The molecule has 20 heavy (non-hydrogen) atoms. The van der Waals surface area contributed by atoms with Crippen LogP contribution in [0.4, 0.5) is 0 Å². The predicted molar refractivity (Wildman–Crippen MR) is 83.7 cm³/mol. The summed E-state index contributed by atoms with van der Waals surface area (Å²) in [6, 6.07) is 11.7. The van der Waals surface area contributed by atoms with Gasteiger partial charge in [0, 0.05) is 32.2 Å². The van der Waals surface area contributed by atoms with Gasteiger partial charge in [0.05, 0.1) is 0 Å². The summed E-state index contributed by atoms with van der Waals surface area (Å²) in [4.78, 5) is 5.35. The van der Waals surface area contributed by atoms with Gasteiger partial charge in [-0.3, -0.25) is 9.80 Å². The maximum atomic E-state index is 3.33. The van der Waals surface area contributed by atoms with Crippen LogP contribution >= 0.6 is 0 Å². The van der Waals surface area contributed by atoms with Crippen LogP contribution in [-0.4, -0.2) is 55.6 Å². The standard InChI is InChI=1S/C17H27N3/c1-18-11-16-7-10-20(13-16)17-8-9-19(14-17)12-15-5-3-2-4-6-15/h2-6,16-18H,7-14H2,1H3. The lowest BCUT2D eigenvalue weighted by atomic mass is 10.1. The van der Waals surface area contributed by atoms with Gasteiger partial charge in [0.1, 0.15) is 0 Å². The molecular weight excluding hydrogens is 246 g/mol. The molecule has 0 spiro atoms. The van der Waals surface area contributed by atoms with Crippen molar-refractivity contribution < 1.29 is 0 Å². The van der Waals surface area contributed by atoms with Gasteiger partial charge in [-0.05, 0) is 44.5 Å². The van der Waals surface area contributed by atoms with Crippen molar-refractivity contribution >= 4 is 0 Å². The minimum absolute atomic E-state index is 0.792. The fourth-order valence-corrected chi connectivity index (χ4v) is 3.75. The molecule has 0 aromatic heterocycles. The highest BCUT2D eigenvalue weighted by Crippen LogP contribution is 2.24. The Bertz CT molecular complexity index is 406. The van der Waals surface area contributed by atoms with E-state index in [0.29, 0.717) is 0 Å². The van der Waals surface area contributed by atoms with Crippen molar-refractivity contribution in [2.75, 3.05) is 39.8 Å². The highest BCUT2D eigenvalue weighted by Gasteiger charge is 2.32. The number of likely N-dealkylation sites (tertiary alicyclic amines) is 2. The molecule has 2 saturated heterocycles. The summed E-state index contributed by atoms with van der Waals surface area (Å²) in [5.41, 5.74) is 1.45. The molecule has 1 aromatic carbocycles. The second kappa shape index (κ2) is 6.70. The molecule has 3 rings (SSSR count). The number of hydrogen-bond acceptors (Lipinski definition) is 3. The van der Waals surface area contributed by atoms with Crippen molar-refractivity contribution in [3.8, 4) is 0 Å². The third-order valence-electron chi connectivity index (χ3n) is 4.82. The van der Waals surface area contributed by atoms with Crippen LogP contribution in [0, 0.1) is 5.92 Å². The Labute approximate surface area is 123 Å². The van der Waals surface area contributed by atoms with Crippen LogP contribution < -0.4 is 5.32 Å². The lowest BCUT2D eigenvalue weighted by Gasteiger charge is -2.24. The minimum atomic E-state index is 0.792. The van der Waals surface area contributed by atoms with E-state index < -0.39 is 0 Å². The summed E-state index contributed by atoms with van der Waals surface area (Å²) in [5, 5.41) is 3.33. The second-order valence-corrected chi connectivity index (χ2v) is 6.37. The largest absolute Gasteiger partial charge is 0.319 e. The average molecular weight is 273 g/mol. The van der Waals surface area contributed by atoms with E-state index in [4.69, 9.17) is 0 Å². The lowest BCUT2D eigenvalue weighted by molar-refractivity contribution is 0.222. The summed E-state index contributed by atoms with van der Waals surface area (Å²) >= 11 is 0. The molecule has 2 aliphatic rings. The fourth-order valence-electron chi connectivity index (χ4n) is 3.75. The summed E-state index contributed by atoms with van der Waals surface area (Å²) in [5.74, 6) is 0.864. The minimum Gasteiger partial charge on any atom is -0.319 e. The lowest BCUT2D eigenvalue weighted by Crippen LogP contribution is -2.36. The quantitative estimate of drug-likeness (QED) is 0.882.